The minimum absolute atomic E-state index is 0.00639. The van der Waals surface area contributed by atoms with Crippen LogP contribution in [0, 0.1) is 6.92 Å². The third-order valence-corrected chi connectivity index (χ3v) is 3.13. The van der Waals surface area contributed by atoms with Crippen LogP contribution in [0.1, 0.15) is 17.7 Å². The summed E-state index contributed by atoms with van der Waals surface area (Å²) in [6.07, 6.45) is -2.15. The van der Waals surface area contributed by atoms with Crippen LogP contribution in [0.2, 0.25) is 0 Å². The average molecular weight is 258 g/mol. The first-order valence-electron chi connectivity index (χ1n) is 3.66. The molecule has 0 unspecified atom stereocenters. The Hall–Kier alpha value is -0.950. The normalized spacial score (nSPS) is 12.1. The maximum absolute atomic E-state index is 12.3. The van der Waals surface area contributed by atoms with E-state index in [1.807, 2.05) is 0 Å². The number of hydrogen-bond acceptors (Lipinski definition) is 4. The Kier molecular flexibility index (Phi) is 3.15. The monoisotopic (exact) mass is 257 g/mol. The van der Waals surface area contributed by atoms with Crippen molar-refractivity contribution in [3.63, 3.8) is 0 Å². The van der Waals surface area contributed by atoms with Crippen molar-refractivity contribution in [3.05, 3.63) is 17.5 Å². The number of nitrogens with zero attached hydrogens (tertiary/aromatic N) is 1. The number of aromatic nitrogens is 1. The van der Waals surface area contributed by atoms with E-state index >= 15 is 0 Å². The van der Waals surface area contributed by atoms with Gasteiger partial charge in [-0.1, -0.05) is 0 Å². The van der Waals surface area contributed by atoms with E-state index in [-0.39, 0.29) is 5.56 Å². The van der Waals surface area contributed by atoms with Crippen LogP contribution >= 0.6 is 10.7 Å². The third kappa shape index (κ3) is 2.35. The van der Waals surface area contributed by atoms with E-state index in [4.69, 9.17) is 10.7 Å². The summed E-state index contributed by atoms with van der Waals surface area (Å²) in [6, 6.07) is 0. The van der Waals surface area contributed by atoms with Gasteiger partial charge in [-0.25, -0.2) is 17.2 Å². The molecule has 1 aromatic heterocycles. The van der Waals surface area contributed by atoms with Gasteiger partial charge in [0.2, 0.25) is 0 Å². The molecule has 8 heteroatoms. The van der Waals surface area contributed by atoms with Crippen molar-refractivity contribution in [1.29, 1.82) is 0 Å². The maximum atomic E-state index is 12.3. The average Bonchev–Trinajstić information content (AvgIpc) is 2.00. The Morgan fingerprint density at radius 3 is 2.47 bits per heavy atom. The molecule has 15 heavy (non-hydrogen) atoms. The number of aromatic hydroxyl groups is 1. The highest BCUT2D eigenvalue weighted by Crippen LogP contribution is 2.35. The van der Waals surface area contributed by atoms with E-state index in [1.54, 1.807) is 0 Å². The lowest BCUT2D eigenvalue weighted by Crippen LogP contribution is -2.01. The summed E-state index contributed by atoms with van der Waals surface area (Å²) in [7, 11) is 0.714. The molecule has 1 rings (SSSR count). The van der Waals surface area contributed by atoms with Crippen LogP contribution in [-0.4, -0.2) is 18.5 Å². The van der Waals surface area contributed by atoms with Gasteiger partial charge >= 0.3 is 0 Å². The SMILES string of the molecule is Cc1cnc(C(F)F)c(O)c1S(=O)(=O)Cl. The fourth-order valence-electron chi connectivity index (χ4n) is 1.06. The van der Waals surface area contributed by atoms with Gasteiger partial charge < -0.3 is 5.11 Å². The molecule has 1 heterocycles. The van der Waals surface area contributed by atoms with E-state index < -0.39 is 31.8 Å². The van der Waals surface area contributed by atoms with Gasteiger partial charge in [0.15, 0.2) is 5.75 Å². The predicted octanol–water partition coefficient (Wildman–Crippen LogP) is 1.96. The fourth-order valence-corrected chi connectivity index (χ4v) is 2.41. The van der Waals surface area contributed by atoms with E-state index in [1.165, 1.54) is 6.92 Å². The second-order valence-corrected chi connectivity index (χ2v) is 5.25. The van der Waals surface area contributed by atoms with Gasteiger partial charge in [-0.2, -0.15) is 0 Å². The molecule has 1 N–H and O–H groups in total. The first-order valence-corrected chi connectivity index (χ1v) is 5.97. The first-order chi connectivity index (χ1) is 6.75. The topological polar surface area (TPSA) is 67.3 Å². The second kappa shape index (κ2) is 3.90. The van der Waals surface area contributed by atoms with Crippen molar-refractivity contribution >= 4 is 19.7 Å². The van der Waals surface area contributed by atoms with Crippen molar-refractivity contribution in [1.82, 2.24) is 4.98 Å². The molecule has 0 saturated heterocycles. The molecule has 0 aliphatic heterocycles. The van der Waals surface area contributed by atoms with Crippen LogP contribution in [0.5, 0.6) is 5.75 Å². The molecule has 0 amide bonds. The Balaban J connectivity index is 3.59. The lowest BCUT2D eigenvalue weighted by molar-refractivity contribution is 0.141. The molecule has 0 aromatic carbocycles. The molecule has 0 spiro atoms. The molecule has 0 fully saturated rings. The molecule has 84 valence electrons. The minimum Gasteiger partial charge on any atom is -0.505 e. The predicted molar refractivity (Wildman–Crippen MR) is 48.6 cm³/mol. The summed E-state index contributed by atoms with van der Waals surface area (Å²) in [5.41, 5.74) is -0.994. The third-order valence-electron chi connectivity index (χ3n) is 1.66. The van der Waals surface area contributed by atoms with E-state index in [0.717, 1.165) is 6.20 Å². The van der Waals surface area contributed by atoms with Crippen LogP contribution in [0.4, 0.5) is 8.78 Å². The zero-order valence-electron chi connectivity index (χ0n) is 7.41. The molecule has 0 aliphatic carbocycles. The highest BCUT2D eigenvalue weighted by atomic mass is 35.7. The van der Waals surface area contributed by atoms with Crippen molar-refractivity contribution in [2.24, 2.45) is 0 Å². The largest absolute Gasteiger partial charge is 0.505 e. The fraction of sp³-hybridized carbons (Fsp3) is 0.286. The Morgan fingerprint density at radius 1 is 1.53 bits per heavy atom. The Bertz CT molecular complexity index is 489. The molecule has 4 nitrogen and oxygen atoms in total. The first kappa shape index (κ1) is 12.1. The summed E-state index contributed by atoms with van der Waals surface area (Å²) in [4.78, 5) is 2.50. The zero-order chi connectivity index (χ0) is 11.8. The number of aryl methyl sites for hydroxylation is 1. The van der Waals surface area contributed by atoms with Crippen molar-refractivity contribution < 1.29 is 22.3 Å². The smallest absolute Gasteiger partial charge is 0.284 e. The number of pyridine rings is 1. The second-order valence-electron chi connectivity index (χ2n) is 2.74. The van der Waals surface area contributed by atoms with Crippen LogP contribution in [0.15, 0.2) is 11.1 Å². The summed E-state index contributed by atoms with van der Waals surface area (Å²) >= 11 is 0. The lowest BCUT2D eigenvalue weighted by Gasteiger charge is -2.08. The number of alkyl halides is 2. The standard InChI is InChI=1S/C7H6ClF2NO3S/c1-3-2-11-4(7(9)10)5(12)6(3)15(8,13)14/h2,7,12H,1H3. The molecule has 0 atom stereocenters. The Morgan fingerprint density at radius 2 is 2.07 bits per heavy atom. The number of hydrogen-bond donors (Lipinski definition) is 1. The zero-order valence-corrected chi connectivity index (χ0v) is 8.98. The van der Waals surface area contributed by atoms with Crippen LogP contribution in [0.3, 0.4) is 0 Å². The van der Waals surface area contributed by atoms with Gasteiger partial charge in [-0.3, -0.25) is 4.98 Å². The highest BCUT2D eigenvalue weighted by molar-refractivity contribution is 8.13. The van der Waals surface area contributed by atoms with Crippen molar-refractivity contribution in [2.45, 2.75) is 18.2 Å². The number of rotatable bonds is 2. The van der Waals surface area contributed by atoms with Gasteiger partial charge in [-0.15, -0.1) is 0 Å². The summed E-state index contributed by atoms with van der Waals surface area (Å²) in [5, 5.41) is 9.27. The van der Waals surface area contributed by atoms with Crippen molar-refractivity contribution in [2.75, 3.05) is 0 Å². The summed E-state index contributed by atoms with van der Waals surface area (Å²) in [5.74, 6) is -1.10. The van der Waals surface area contributed by atoms with E-state index in [9.17, 15) is 22.3 Å². The molecular formula is C7H6ClF2NO3S. The quantitative estimate of drug-likeness (QED) is 0.823. The van der Waals surface area contributed by atoms with E-state index in [0.29, 0.717) is 0 Å². The van der Waals surface area contributed by atoms with Crippen LogP contribution in [0.25, 0.3) is 0 Å². The van der Waals surface area contributed by atoms with Gasteiger partial charge in [0.05, 0.1) is 0 Å². The molecule has 1 aromatic rings. The molecule has 0 aliphatic rings. The molecule has 0 saturated carbocycles. The van der Waals surface area contributed by atoms with Crippen LogP contribution < -0.4 is 0 Å². The van der Waals surface area contributed by atoms with Gasteiger partial charge in [0.25, 0.3) is 15.5 Å². The highest BCUT2D eigenvalue weighted by Gasteiger charge is 2.25. The summed E-state index contributed by atoms with van der Waals surface area (Å²) < 4.78 is 46.5. The Labute approximate surface area is 88.9 Å². The maximum Gasteiger partial charge on any atom is 0.284 e. The van der Waals surface area contributed by atoms with Crippen molar-refractivity contribution in [3.8, 4) is 5.75 Å². The summed E-state index contributed by atoms with van der Waals surface area (Å²) in [6.45, 7) is 1.29. The molecular weight excluding hydrogens is 252 g/mol. The molecule has 0 radical (unpaired) electrons. The van der Waals surface area contributed by atoms with Gasteiger partial charge in [-0.05, 0) is 12.5 Å². The van der Waals surface area contributed by atoms with Gasteiger partial charge in [0.1, 0.15) is 10.6 Å². The minimum atomic E-state index is -4.27. The number of halogens is 3. The van der Waals surface area contributed by atoms with Gasteiger partial charge in [0, 0.05) is 16.9 Å². The lowest BCUT2D eigenvalue weighted by atomic mass is 10.2. The van der Waals surface area contributed by atoms with Crippen LogP contribution in [-0.2, 0) is 9.05 Å². The van der Waals surface area contributed by atoms with E-state index in [2.05, 4.69) is 4.98 Å². The molecule has 0 bridgehead atoms.